The second kappa shape index (κ2) is 10.6. The molecule has 0 aliphatic carbocycles. The van der Waals surface area contributed by atoms with Crippen LogP contribution in [0.3, 0.4) is 0 Å². The molecule has 0 saturated heterocycles. The van der Waals surface area contributed by atoms with E-state index in [1.54, 1.807) is 4.90 Å². The van der Waals surface area contributed by atoms with E-state index in [1.165, 1.54) is 5.56 Å². The molecule has 0 aliphatic heterocycles. The fourth-order valence-electron chi connectivity index (χ4n) is 3.25. The van der Waals surface area contributed by atoms with Gasteiger partial charge in [0.25, 0.3) is 0 Å². The van der Waals surface area contributed by atoms with E-state index in [2.05, 4.69) is 5.32 Å². The van der Waals surface area contributed by atoms with Crippen LogP contribution in [0.25, 0.3) is 0 Å². The van der Waals surface area contributed by atoms with Gasteiger partial charge in [0.2, 0.25) is 11.8 Å². The van der Waals surface area contributed by atoms with Gasteiger partial charge in [-0.25, -0.2) is 0 Å². The molecule has 0 fully saturated rings. The summed E-state index contributed by atoms with van der Waals surface area (Å²) in [5.74, 6) is -0.0945. The molecule has 0 aromatic heterocycles. The van der Waals surface area contributed by atoms with E-state index >= 15 is 0 Å². The average Bonchev–Trinajstić information content (AvgIpc) is 2.69. The molecule has 0 aliphatic rings. The van der Waals surface area contributed by atoms with Gasteiger partial charge in [0.1, 0.15) is 6.04 Å². The van der Waals surface area contributed by atoms with Crippen molar-refractivity contribution in [2.75, 3.05) is 6.54 Å². The van der Waals surface area contributed by atoms with Crippen LogP contribution in [-0.4, -0.2) is 29.3 Å². The number of carbonyl (C=O) groups is 2. The number of hydrogen-bond acceptors (Lipinski definition) is 2. The maximum atomic E-state index is 13.3. The summed E-state index contributed by atoms with van der Waals surface area (Å²) in [5, 5.41) is 2.96. The number of carbonyl (C=O) groups excluding carboxylic acids is 2. The third-order valence-corrected chi connectivity index (χ3v) is 5.01. The summed E-state index contributed by atoms with van der Waals surface area (Å²) in [4.78, 5) is 27.7. The van der Waals surface area contributed by atoms with E-state index in [1.807, 2.05) is 76.2 Å². The van der Waals surface area contributed by atoms with Gasteiger partial charge in [0.15, 0.2) is 0 Å². The van der Waals surface area contributed by atoms with Crippen LogP contribution in [0.1, 0.15) is 48.9 Å². The van der Waals surface area contributed by atoms with E-state index in [0.717, 1.165) is 23.1 Å². The predicted molar refractivity (Wildman–Crippen MR) is 114 cm³/mol. The van der Waals surface area contributed by atoms with Crippen molar-refractivity contribution in [2.45, 2.75) is 59.5 Å². The lowest BCUT2D eigenvalue weighted by molar-refractivity contribution is -0.140. The lowest BCUT2D eigenvalue weighted by Crippen LogP contribution is -2.49. The summed E-state index contributed by atoms with van der Waals surface area (Å²) in [6.45, 7) is 9.09. The Balaban J connectivity index is 2.27. The lowest BCUT2D eigenvalue weighted by Gasteiger charge is -2.31. The molecule has 1 N–H and O–H groups in total. The Labute approximate surface area is 169 Å². The first kappa shape index (κ1) is 21.7. The molecule has 2 rings (SSSR count). The normalized spacial score (nSPS) is 11.7. The third-order valence-electron chi connectivity index (χ3n) is 5.01. The van der Waals surface area contributed by atoms with Crippen molar-refractivity contribution in [1.29, 1.82) is 0 Å². The molecule has 4 nitrogen and oxygen atoms in total. The molecule has 4 heteroatoms. The largest absolute Gasteiger partial charge is 0.354 e. The van der Waals surface area contributed by atoms with Gasteiger partial charge >= 0.3 is 0 Å². The topological polar surface area (TPSA) is 49.4 Å². The smallest absolute Gasteiger partial charge is 0.242 e. The highest BCUT2D eigenvalue weighted by Gasteiger charge is 2.28. The molecule has 2 aromatic carbocycles. The number of aryl methyl sites for hydroxylation is 2. The van der Waals surface area contributed by atoms with E-state index < -0.39 is 6.04 Å². The van der Waals surface area contributed by atoms with Gasteiger partial charge in [0, 0.05) is 13.1 Å². The van der Waals surface area contributed by atoms with Gasteiger partial charge in [-0.2, -0.15) is 0 Å². The highest BCUT2D eigenvalue weighted by Crippen LogP contribution is 2.16. The van der Waals surface area contributed by atoms with Crippen molar-refractivity contribution in [1.82, 2.24) is 10.2 Å². The van der Waals surface area contributed by atoms with Gasteiger partial charge in [-0.3, -0.25) is 9.59 Å². The van der Waals surface area contributed by atoms with Crippen LogP contribution >= 0.6 is 0 Å². The lowest BCUT2D eigenvalue weighted by atomic mass is 10.0. The van der Waals surface area contributed by atoms with Crippen molar-refractivity contribution in [3.8, 4) is 0 Å². The zero-order valence-corrected chi connectivity index (χ0v) is 17.5. The van der Waals surface area contributed by atoms with E-state index in [9.17, 15) is 9.59 Å². The third kappa shape index (κ3) is 5.95. The van der Waals surface area contributed by atoms with Crippen LogP contribution in [0.5, 0.6) is 0 Å². The molecule has 2 amide bonds. The summed E-state index contributed by atoms with van der Waals surface area (Å²) in [6, 6.07) is 15.6. The number of amides is 2. The summed E-state index contributed by atoms with van der Waals surface area (Å²) in [7, 11) is 0. The Morgan fingerprint density at radius 2 is 1.68 bits per heavy atom. The Bertz CT molecular complexity index is 783. The SMILES string of the molecule is CCCNC(=O)[C@@H](CC)N(Cc1ccc(C)cc1)C(=O)Cc1ccccc1C. The minimum Gasteiger partial charge on any atom is -0.354 e. The van der Waals surface area contributed by atoms with Gasteiger partial charge in [0.05, 0.1) is 6.42 Å². The molecule has 0 heterocycles. The molecule has 28 heavy (non-hydrogen) atoms. The van der Waals surface area contributed by atoms with E-state index in [-0.39, 0.29) is 11.8 Å². The second-order valence-electron chi connectivity index (χ2n) is 7.33. The Kier molecular flexibility index (Phi) is 8.24. The molecule has 0 unspecified atom stereocenters. The van der Waals surface area contributed by atoms with Gasteiger partial charge in [-0.1, -0.05) is 67.9 Å². The Morgan fingerprint density at radius 3 is 2.29 bits per heavy atom. The van der Waals surface area contributed by atoms with Crippen molar-refractivity contribution in [3.63, 3.8) is 0 Å². The number of hydrogen-bond donors (Lipinski definition) is 1. The van der Waals surface area contributed by atoms with Crippen molar-refractivity contribution >= 4 is 11.8 Å². The first-order valence-corrected chi connectivity index (χ1v) is 10.1. The number of nitrogens with zero attached hydrogens (tertiary/aromatic N) is 1. The summed E-state index contributed by atoms with van der Waals surface area (Å²) in [6.07, 6.45) is 1.76. The summed E-state index contributed by atoms with van der Waals surface area (Å²) < 4.78 is 0. The fraction of sp³-hybridized carbons (Fsp3) is 0.417. The zero-order valence-electron chi connectivity index (χ0n) is 17.5. The summed E-state index contributed by atoms with van der Waals surface area (Å²) in [5.41, 5.74) is 4.31. The molecular weight excluding hydrogens is 348 g/mol. The highest BCUT2D eigenvalue weighted by molar-refractivity contribution is 5.88. The second-order valence-corrected chi connectivity index (χ2v) is 7.33. The Morgan fingerprint density at radius 1 is 1.00 bits per heavy atom. The van der Waals surface area contributed by atoms with Crippen LogP contribution in [0.15, 0.2) is 48.5 Å². The van der Waals surface area contributed by atoms with Gasteiger partial charge < -0.3 is 10.2 Å². The molecule has 0 saturated carbocycles. The van der Waals surface area contributed by atoms with E-state index in [0.29, 0.717) is 25.9 Å². The average molecular weight is 381 g/mol. The van der Waals surface area contributed by atoms with Crippen LogP contribution in [0.2, 0.25) is 0 Å². The van der Waals surface area contributed by atoms with Crippen LogP contribution in [-0.2, 0) is 22.6 Å². The van der Waals surface area contributed by atoms with E-state index in [4.69, 9.17) is 0 Å². The van der Waals surface area contributed by atoms with Crippen LogP contribution < -0.4 is 5.32 Å². The highest BCUT2D eigenvalue weighted by atomic mass is 16.2. The van der Waals surface area contributed by atoms with Crippen LogP contribution in [0.4, 0.5) is 0 Å². The molecule has 0 bridgehead atoms. The number of rotatable bonds is 9. The molecule has 1 atom stereocenters. The molecule has 150 valence electrons. The number of benzene rings is 2. The standard InChI is InChI=1S/C24H32N2O2/c1-5-15-25-24(28)22(6-2)26(17-20-13-11-18(3)12-14-20)23(27)16-21-10-8-7-9-19(21)4/h7-14,22H,5-6,15-17H2,1-4H3,(H,25,28)/t22-/m1/s1. The summed E-state index contributed by atoms with van der Waals surface area (Å²) >= 11 is 0. The van der Waals surface area contributed by atoms with Crippen molar-refractivity contribution < 1.29 is 9.59 Å². The van der Waals surface area contributed by atoms with Gasteiger partial charge in [-0.05, 0) is 43.4 Å². The molecule has 0 radical (unpaired) electrons. The Hall–Kier alpha value is -2.62. The fourth-order valence-corrected chi connectivity index (χ4v) is 3.25. The predicted octanol–water partition coefficient (Wildman–Crippen LogP) is 4.18. The van der Waals surface area contributed by atoms with Crippen LogP contribution in [0, 0.1) is 13.8 Å². The maximum absolute atomic E-state index is 13.3. The zero-order chi connectivity index (χ0) is 20.5. The molecule has 0 spiro atoms. The molecule has 2 aromatic rings. The maximum Gasteiger partial charge on any atom is 0.242 e. The quantitative estimate of drug-likeness (QED) is 0.709. The first-order chi connectivity index (χ1) is 13.5. The minimum atomic E-state index is -0.468. The van der Waals surface area contributed by atoms with Crippen molar-refractivity contribution in [3.05, 3.63) is 70.8 Å². The van der Waals surface area contributed by atoms with Crippen molar-refractivity contribution in [2.24, 2.45) is 0 Å². The number of nitrogens with one attached hydrogen (secondary N) is 1. The monoisotopic (exact) mass is 380 g/mol. The molecular formula is C24H32N2O2. The minimum absolute atomic E-state index is 0.0200. The first-order valence-electron chi connectivity index (χ1n) is 10.1. The van der Waals surface area contributed by atoms with Gasteiger partial charge in [-0.15, -0.1) is 0 Å².